The number of hydrogen-bond donors (Lipinski definition) is 0. The fourth-order valence-electron chi connectivity index (χ4n) is 6.36. The summed E-state index contributed by atoms with van der Waals surface area (Å²) in [7, 11) is 2.11. The van der Waals surface area contributed by atoms with Crippen LogP contribution in [0.5, 0.6) is 11.5 Å². The Hall–Kier alpha value is -5.28. The standard InChI is InChI=1S/C40H39N5O/c1-39(2,3)26-13-16-35-37(19-26)43(8)25-44(35)29-21-28(41-7)22-31(23-29)46-30-14-15-33-32-11-9-10-12-34(32)45(36(33)24-30)38-20-27(17-18-42-38)40(4,5)6/h9-24H,25H2,1-6,8H3. The van der Waals surface area contributed by atoms with Gasteiger partial charge in [0.15, 0.2) is 5.69 Å². The molecule has 2 aromatic heterocycles. The summed E-state index contributed by atoms with van der Waals surface area (Å²) < 4.78 is 8.77. The summed E-state index contributed by atoms with van der Waals surface area (Å²) in [4.78, 5) is 13.1. The number of benzene rings is 4. The second-order valence-corrected chi connectivity index (χ2v) is 14.3. The van der Waals surface area contributed by atoms with Crippen LogP contribution in [-0.4, -0.2) is 23.3 Å². The lowest BCUT2D eigenvalue weighted by Crippen LogP contribution is -2.24. The summed E-state index contributed by atoms with van der Waals surface area (Å²) >= 11 is 0. The molecule has 0 bridgehead atoms. The smallest absolute Gasteiger partial charge is 0.192 e. The molecule has 3 heterocycles. The summed E-state index contributed by atoms with van der Waals surface area (Å²) in [6.45, 7) is 21.9. The molecule has 46 heavy (non-hydrogen) atoms. The fraction of sp³-hybridized carbons (Fsp3) is 0.250. The Balaban J connectivity index is 1.30. The van der Waals surface area contributed by atoms with E-state index >= 15 is 0 Å². The van der Waals surface area contributed by atoms with Crippen molar-refractivity contribution < 1.29 is 4.74 Å². The third kappa shape index (κ3) is 5.12. The highest BCUT2D eigenvalue weighted by Gasteiger charge is 2.27. The highest BCUT2D eigenvalue weighted by atomic mass is 16.5. The predicted molar refractivity (Wildman–Crippen MR) is 191 cm³/mol. The molecule has 6 heteroatoms. The maximum absolute atomic E-state index is 7.85. The quantitative estimate of drug-likeness (QED) is 0.187. The molecule has 1 aliphatic heterocycles. The Morgan fingerprint density at radius 2 is 1.46 bits per heavy atom. The van der Waals surface area contributed by atoms with E-state index < -0.39 is 0 Å². The van der Waals surface area contributed by atoms with E-state index in [9.17, 15) is 0 Å². The molecule has 6 aromatic rings. The van der Waals surface area contributed by atoms with Crippen LogP contribution < -0.4 is 14.5 Å². The van der Waals surface area contributed by atoms with Gasteiger partial charge in [0.25, 0.3) is 0 Å². The molecule has 0 radical (unpaired) electrons. The van der Waals surface area contributed by atoms with Gasteiger partial charge in [-0.05, 0) is 76.6 Å². The van der Waals surface area contributed by atoms with Crippen molar-refractivity contribution in [3.8, 4) is 17.3 Å². The van der Waals surface area contributed by atoms with Crippen molar-refractivity contribution in [2.24, 2.45) is 0 Å². The van der Waals surface area contributed by atoms with Crippen LogP contribution in [0.2, 0.25) is 0 Å². The van der Waals surface area contributed by atoms with Crippen LogP contribution in [-0.2, 0) is 10.8 Å². The van der Waals surface area contributed by atoms with Crippen molar-refractivity contribution in [2.75, 3.05) is 23.5 Å². The molecule has 0 unspecified atom stereocenters. The summed E-state index contributed by atoms with van der Waals surface area (Å²) in [5, 5.41) is 2.29. The Labute approximate surface area is 271 Å². The molecule has 0 saturated carbocycles. The van der Waals surface area contributed by atoms with Gasteiger partial charge < -0.3 is 14.5 Å². The molecule has 0 N–H and O–H groups in total. The zero-order valence-electron chi connectivity index (χ0n) is 27.6. The van der Waals surface area contributed by atoms with E-state index in [0.717, 1.165) is 39.0 Å². The first-order valence-corrected chi connectivity index (χ1v) is 15.7. The Morgan fingerprint density at radius 1 is 0.717 bits per heavy atom. The van der Waals surface area contributed by atoms with Gasteiger partial charge in [-0.1, -0.05) is 65.8 Å². The van der Waals surface area contributed by atoms with Gasteiger partial charge in [-0.15, -0.1) is 0 Å². The van der Waals surface area contributed by atoms with Gasteiger partial charge in [0, 0.05) is 41.8 Å². The molecule has 0 amide bonds. The predicted octanol–water partition coefficient (Wildman–Crippen LogP) is 10.7. The summed E-state index contributed by atoms with van der Waals surface area (Å²) in [5.74, 6) is 2.20. The average Bonchev–Trinajstić information content (AvgIpc) is 3.54. The molecule has 4 aromatic carbocycles. The first-order chi connectivity index (χ1) is 21.9. The highest BCUT2D eigenvalue weighted by Crippen LogP contribution is 2.44. The van der Waals surface area contributed by atoms with Crippen LogP contribution in [0.3, 0.4) is 0 Å². The topological polar surface area (TPSA) is 37.9 Å². The lowest BCUT2D eigenvalue weighted by molar-refractivity contribution is 0.483. The van der Waals surface area contributed by atoms with Crippen LogP contribution in [0.25, 0.3) is 32.5 Å². The molecule has 0 saturated heterocycles. The molecule has 1 aliphatic rings. The van der Waals surface area contributed by atoms with Crippen LogP contribution in [0.4, 0.5) is 22.7 Å². The number of para-hydroxylation sites is 1. The zero-order valence-corrected chi connectivity index (χ0v) is 27.6. The van der Waals surface area contributed by atoms with Crippen LogP contribution in [0.1, 0.15) is 52.7 Å². The van der Waals surface area contributed by atoms with Crippen LogP contribution in [0, 0.1) is 6.57 Å². The lowest BCUT2D eigenvalue weighted by Gasteiger charge is -2.22. The molecule has 7 rings (SSSR count). The van der Waals surface area contributed by atoms with E-state index in [2.05, 4.69) is 135 Å². The molecule has 0 aliphatic carbocycles. The zero-order chi connectivity index (χ0) is 32.4. The number of nitrogens with zero attached hydrogens (tertiary/aromatic N) is 5. The van der Waals surface area contributed by atoms with Gasteiger partial charge in [-0.2, -0.15) is 0 Å². The normalized spacial score (nSPS) is 13.3. The molecule has 0 fully saturated rings. The SMILES string of the molecule is [C-]#[N+]c1cc(Oc2ccc3c4ccccc4n(-c4cc(C(C)(C)C)ccn4)c3c2)cc(N2CN(C)c3cc(C(C)(C)C)ccc32)c1. The second-order valence-electron chi connectivity index (χ2n) is 14.3. The number of hydrogen-bond acceptors (Lipinski definition) is 4. The minimum absolute atomic E-state index is 0.00408. The summed E-state index contributed by atoms with van der Waals surface area (Å²) in [5.41, 5.74) is 8.47. The summed E-state index contributed by atoms with van der Waals surface area (Å²) in [6.07, 6.45) is 1.89. The van der Waals surface area contributed by atoms with Crippen LogP contribution in [0.15, 0.2) is 97.2 Å². The van der Waals surface area contributed by atoms with Crippen molar-refractivity contribution >= 4 is 44.6 Å². The Kier molecular flexibility index (Phi) is 6.82. The highest BCUT2D eigenvalue weighted by molar-refractivity contribution is 6.09. The maximum Gasteiger partial charge on any atom is 0.192 e. The van der Waals surface area contributed by atoms with E-state index in [1.165, 1.54) is 16.8 Å². The number of fused-ring (bicyclic) bond motifs is 4. The number of rotatable bonds is 4. The number of pyridine rings is 1. The lowest BCUT2D eigenvalue weighted by atomic mass is 9.86. The largest absolute Gasteiger partial charge is 0.459 e. The first-order valence-electron chi connectivity index (χ1n) is 15.7. The third-order valence-corrected chi connectivity index (χ3v) is 8.94. The van der Waals surface area contributed by atoms with E-state index in [0.29, 0.717) is 23.9 Å². The van der Waals surface area contributed by atoms with Gasteiger partial charge >= 0.3 is 0 Å². The number of anilines is 3. The van der Waals surface area contributed by atoms with Crippen molar-refractivity contribution in [3.05, 3.63) is 120 Å². The van der Waals surface area contributed by atoms with Crippen molar-refractivity contribution in [1.29, 1.82) is 0 Å². The van der Waals surface area contributed by atoms with Gasteiger partial charge in [-0.3, -0.25) is 4.57 Å². The fourth-order valence-corrected chi connectivity index (χ4v) is 6.36. The third-order valence-electron chi connectivity index (χ3n) is 8.94. The molecule has 230 valence electrons. The average molecular weight is 606 g/mol. The van der Waals surface area contributed by atoms with Crippen molar-refractivity contribution in [2.45, 2.75) is 52.4 Å². The van der Waals surface area contributed by atoms with Gasteiger partial charge in [-0.25, -0.2) is 9.83 Å². The second kappa shape index (κ2) is 10.7. The number of ether oxygens (including phenoxy) is 1. The monoisotopic (exact) mass is 605 g/mol. The van der Waals surface area contributed by atoms with Crippen molar-refractivity contribution in [3.63, 3.8) is 0 Å². The van der Waals surface area contributed by atoms with E-state index in [1.54, 1.807) is 0 Å². The molecule has 6 nitrogen and oxygen atoms in total. The maximum atomic E-state index is 7.85. The molecular formula is C40H39N5O. The van der Waals surface area contributed by atoms with Gasteiger partial charge in [0.1, 0.15) is 17.3 Å². The molecule has 0 atom stereocenters. The Bertz CT molecular complexity index is 2170. The van der Waals surface area contributed by atoms with Gasteiger partial charge in [0.05, 0.1) is 35.6 Å². The molecule has 0 spiro atoms. The molecular weight excluding hydrogens is 566 g/mol. The van der Waals surface area contributed by atoms with E-state index in [1.807, 2.05) is 30.5 Å². The number of aromatic nitrogens is 2. The van der Waals surface area contributed by atoms with Crippen LogP contribution >= 0.6 is 0 Å². The van der Waals surface area contributed by atoms with Gasteiger partial charge in [0.2, 0.25) is 0 Å². The Morgan fingerprint density at radius 3 is 2.22 bits per heavy atom. The summed E-state index contributed by atoms with van der Waals surface area (Å²) in [6, 6.07) is 31.4. The van der Waals surface area contributed by atoms with E-state index in [4.69, 9.17) is 16.3 Å². The van der Waals surface area contributed by atoms with E-state index in [-0.39, 0.29) is 10.8 Å². The van der Waals surface area contributed by atoms with Crippen molar-refractivity contribution in [1.82, 2.24) is 9.55 Å². The minimum Gasteiger partial charge on any atom is -0.459 e. The first kappa shape index (κ1) is 29.4. The minimum atomic E-state index is -0.00408.